The topological polar surface area (TPSA) is 64.8 Å². The molecule has 1 saturated heterocycles. The number of carbonyl (C=O) groups excluding carboxylic acids is 1. The number of nitrogens with zero attached hydrogens (tertiary/aromatic N) is 1. The van der Waals surface area contributed by atoms with E-state index in [1.54, 1.807) is 0 Å². The van der Waals surface area contributed by atoms with Gasteiger partial charge >= 0.3 is 5.97 Å². The van der Waals surface area contributed by atoms with Gasteiger partial charge in [0, 0.05) is 32.1 Å². The molecule has 1 aliphatic rings. The zero-order chi connectivity index (χ0) is 11.1. The lowest BCUT2D eigenvalue weighted by atomic mass is 10.1. The van der Waals surface area contributed by atoms with E-state index in [1.165, 1.54) is 7.11 Å². The molecule has 1 atom stereocenters. The summed E-state index contributed by atoms with van der Waals surface area (Å²) >= 11 is 0. The van der Waals surface area contributed by atoms with Crippen molar-refractivity contribution in [2.75, 3.05) is 40.0 Å². The molecule has 1 heterocycles. The highest BCUT2D eigenvalue weighted by molar-refractivity contribution is 5.69. The Morgan fingerprint density at radius 3 is 2.80 bits per heavy atom. The molecule has 1 rings (SSSR count). The van der Waals surface area contributed by atoms with E-state index in [1.807, 2.05) is 0 Å². The third-order valence-corrected chi connectivity index (χ3v) is 2.54. The third-order valence-electron chi connectivity index (χ3n) is 2.54. The van der Waals surface area contributed by atoms with Crippen LogP contribution in [0.5, 0.6) is 0 Å². The Morgan fingerprint density at radius 2 is 2.20 bits per heavy atom. The lowest BCUT2D eigenvalue weighted by Gasteiger charge is -2.28. The molecule has 1 aliphatic heterocycles. The molecule has 5 heteroatoms. The van der Waals surface area contributed by atoms with Crippen molar-refractivity contribution >= 4 is 5.97 Å². The van der Waals surface area contributed by atoms with Crippen molar-refractivity contribution in [2.45, 2.75) is 18.9 Å². The van der Waals surface area contributed by atoms with Crippen LogP contribution in [-0.4, -0.2) is 56.9 Å². The van der Waals surface area contributed by atoms with Crippen LogP contribution in [0.25, 0.3) is 0 Å². The van der Waals surface area contributed by atoms with Crippen molar-refractivity contribution in [3.8, 4) is 0 Å². The first-order valence-electron chi connectivity index (χ1n) is 5.35. The summed E-state index contributed by atoms with van der Waals surface area (Å²) in [4.78, 5) is 13.2. The molecule has 5 nitrogen and oxygen atoms in total. The highest BCUT2D eigenvalue weighted by Gasteiger charge is 2.14. The molecule has 0 amide bonds. The van der Waals surface area contributed by atoms with E-state index in [-0.39, 0.29) is 12.0 Å². The summed E-state index contributed by atoms with van der Waals surface area (Å²) in [6.45, 7) is 4.27. The quantitative estimate of drug-likeness (QED) is 0.633. The first kappa shape index (κ1) is 12.4. The van der Waals surface area contributed by atoms with Gasteiger partial charge in [0.05, 0.1) is 20.3 Å². The number of rotatable bonds is 5. The summed E-state index contributed by atoms with van der Waals surface area (Å²) in [5, 5.41) is 0. The molecule has 0 aromatic carbocycles. The number of hydrogen-bond donors (Lipinski definition) is 1. The largest absolute Gasteiger partial charge is 0.469 e. The summed E-state index contributed by atoms with van der Waals surface area (Å²) < 4.78 is 9.80. The first-order valence-corrected chi connectivity index (χ1v) is 5.35. The fourth-order valence-electron chi connectivity index (χ4n) is 1.61. The smallest absolute Gasteiger partial charge is 0.305 e. The Bertz CT molecular complexity index is 193. The standard InChI is InChI=1S/C10H20N2O3/c1-14-10(13)3-2-9(11)8-12-4-6-15-7-5-12/h9H,2-8,11H2,1H3. The van der Waals surface area contributed by atoms with Crippen molar-refractivity contribution < 1.29 is 14.3 Å². The van der Waals surface area contributed by atoms with Crippen LogP contribution >= 0.6 is 0 Å². The average Bonchev–Trinajstić information content (AvgIpc) is 2.27. The van der Waals surface area contributed by atoms with E-state index < -0.39 is 0 Å². The zero-order valence-electron chi connectivity index (χ0n) is 9.28. The Labute approximate surface area is 90.5 Å². The predicted molar refractivity (Wildman–Crippen MR) is 56.5 cm³/mol. The minimum absolute atomic E-state index is 0.0437. The number of esters is 1. The van der Waals surface area contributed by atoms with Crippen molar-refractivity contribution in [2.24, 2.45) is 5.73 Å². The summed E-state index contributed by atoms with van der Waals surface area (Å²) in [5.74, 6) is -0.188. The molecular weight excluding hydrogens is 196 g/mol. The molecule has 0 saturated carbocycles. The van der Waals surface area contributed by atoms with Gasteiger partial charge in [0.25, 0.3) is 0 Å². The molecule has 0 aromatic heterocycles. The van der Waals surface area contributed by atoms with Gasteiger partial charge in [0.2, 0.25) is 0 Å². The lowest BCUT2D eigenvalue weighted by Crippen LogP contribution is -2.43. The van der Waals surface area contributed by atoms with Gasteiger partial charge in [0.1, 0.15) is 0 Å². The van der Waals surface area contributed by atoms with Crippen LogP contribution in [0.15, 0.2) is 0 Å². The van der Waals surface area contributed by atoms with Crippen LogP contribution in [0.3, 0.4) is 0 Å². The SMILES string of the molecule is COC(=O)CCC(N)CN1CCOCC1. The van der Waals surface area contributed by atoms with E-state index in [4.69, 9.17) is 10.5 Å². The fourth-order valence-corrected chi connectivity index (χ4v) is 1.61. The fraction of sp³-hybridized carbons (Fsp3) is 0.900. The number of methoxy groups -OCH3 is 1. The second-order valence-electron chi connectivity index (χ2n) is 3.79. The number of morpholine rings is 1. The Morgan fingerprint density at radius 1 is 1.53 bits per heavy atom. The lowest BCUT2D eigenvalue weighted by molar-refractivity contribution is -0.140. The molecule has 88 valence electrons. The van der Waals surface area contributed by atoms with Crippen molar-refractivity contribution in [3.05, 3.63) is 0 Å². The van der Waals surface area contributed by atoms with Crippen molar-refractivity contribution in [3.63, 3.8) is 0 Å². The van der Waals surface area contributed by atoms with Crippen LogP contribution in [0.1, 0.15) is 12.8 Å². The van der Waals surface area contributed by atoms with Crippen molar-refractivity contribution in [1.82, 2.24) is 4.90 Å². The maximum atomic E-state index is 10.9. The zero-order valence-corrected chi connectivity index (χ0v) is 9.28. The maximum Gasteiger partial charge on any atom is 0.305 e. The number of ether oxygens (including phenoxy) is 2. The molecule has 0 radical (unpaired) electrons. The molecule has 1 unspecified atom stereocenters. The molecule has 0 aliphatic carbocycles. The number of nitrogens with two attached hydrogens (primary N) is 1. The normalized spacial score (nSPS) is 19.9. The average molecular weight is 216 g/mol. The Kier molecular flexibility index (Phi) is 5.60. The van der Waals surface area contributed by atoms with E-state index in [0.717, 1.165) is 32.8 Å². The molecule has 0 bridgehead atoms. The predicted octanol–water partition coefficient (Wildman–Crippen LogP) is -0.401. The van der Waals surface area contributed by atoms with Crippen molar-refractivity contribution in [1.29, 1.82) is 0 Å². The minimum Gasteiger partial charge on any atom is -0.469 e. The molecular formula is C10H20N2O3. The summed E-state index contributed by atoms with van der Waals surface area (Å²) in [6, 6.07) is 0.0437. The van der Waals surface area contributed by atoms with E-state index in [2.05, 4.69) is 9.64 Å². The van der Waals surface area contributed by atoms with Gasteiger partial charge in [-0.2, -0.15) is 0 Å². The van der Waals surface area contributed by atoms with Crippen LogP contribution in [-0.2, 0) is 14.3 Å². The van der Waals surface area contributed by atoms with Gasteiger partial charge < -0.3 is 15.2 Å². The highest BCUT2D eigenvalue weighted by atomic mass is 16.5. The summed E-state index contributed by atoms with van der Waals surface area (Å²) in [6.07, 6.45) is 1.09. The maximum absolute atomic E-state index is 10.9. The van der Waals surface area contributed by atoms with E-state index in [9.17, 15) is 4.79 Å². The van der Waals surface area contributed by atoms with Crippen LogP contribution in [0.2, 0.25) is 0 Å². The second kappa shape index (κ2) is 6.76. The number of hydrogen-bond acceptors (Lipinski definition) is 5. The van der Waals surface area contributed by atoms with Gasteiger partial charge in [-0.05, 0) is 6.42 Å². The highest BCUT2D eigenvalue weighted by Crippen LogP contribution is 2.02. The molecule has 1 fully saturated rings. The van der Waals surface area contributed by atoms with Gasteiger partial charge in [0.15, 0.2) is 0 Å². The van der Waals surface area contributed by atoms with E-state index >= 15 is 0 Å². The Balaban J connectivity index is 2.11. The van der Waals surface area contributed by atoms with Gasteiger partial charge in [-0.25, -0.2) is 0 Å². The first-order chi connectivity index (χ1) is 7.22. The van der Waals surface area contributed by atoms with E-state index in [0.29, 0.717) is 12.8 Å². The number of carbonyl (C=O) groups is 1. The third kappa shape index (κ3) is 5.11. The van der Waals surface area contributed by atoms with Gasteiger partial charge in [-0.3, -0.25) is 9.69 Å². The molecule has 0 aromatic rings. The Hall–Kier alpha value is -0.650. The summed E-state index contributed by atoms with van der Waals surface area (Å²) in [5.41, 5.74) is 5.92. The second-order valence-corrected chi connectivity index (χ2v) is 3.79. The van der Waals surface area contributed by atoms with Gasteiger partial charge in [-0.1, -0.05) is 0 Å². The monoisotopic (exact) mass is 216 g/mol. The van der Waals surface area contributed by atoms with Gasteiger partial charge in [-0.15, -0.1) is 0 Å². The molecule has 2 N–H and O–H groups in total. The minimum atomic E-state index is -0.188. The molecule has 0 spiro atoms. The summed E-state index contributed by atoms with van der Waals surface area (Å²) in [7, 11) is 1.40. The molecule has 15 heavy (non-hydrogen) atoms. The van der Waals surface area contributed by atoms with Crippen LogP contribution in [0.4, 0.5) is 0 Å². The van der Waals surface area contributed by atoms with Crippen LogP contribution < -0.4 is 5.73 Å². The van der Waals surface area contributed by atoms with Crippen LogP contribution in [0, 0.1) is 0 Å².